The van der Waals surface area contributed by atoms with Crippen molar-refractivity contribution in [3.05, 3.63) is 12.2 Å². The molecule has 0 aliphatic rings. The Morgan fingerprint density at radius 2 is 1.87 bits per heavy atom. The highest BCUT2D eigenvalue weighted by Gasteiger charge is 2.19. The summed E-state index contributed by atoms with van der Waals surface area (Å²) in [6.45, 7) is 11.6. The molecule has 1 N–H and O–H groups in total. The molecule has 0 saturated carbocycles. The SMILES string of the molecule is C/C=C\[C@@H](NC(=O)OC(C)(C)C)C(C)C. The largest absolute Gasteiger partial charge is 0.444 e. The van der Waals surface area contributed by atoms with Gasteiger partial charge in [0.05, 0.1) is 6.04 Å². The van der Waals surface area contributed by atoms with Crippen molar-refractivity contribution in [3.8, 4) is 0 Å². The van der Waals surface area contributed by atoms with E-state index in [4.69, 9.17) is 4.74 Å². The number of hydrogen-bond donors (Lipinski definition) is 1. The van der Waals surface area contributed by atoms with Crippen molar-refractivity contribution < 1.29 is 9.53 Å². The molecule has 3 heteroatoms. The van der Waals surface area contributed by atoms with E-state index in [9.17, 15) is 4.79 Å². The van der Waals surface area contributed by atoms with Gasteiger partial charge in [-0.3, -0.25) is 0 Å². The highest BCUT2D eigenvalue weighted by Crippen LogP contribution is 2.09. The molecule has 1 amide bonds. The van der Waals surface area contributed by atoms with Crippen LogP contribution < -0.4 is 5.32 Å². The van der Waals surface area contributed by atoms with E-state index in [0.717, 1.165) is 0 Å². The summed E-state index contributed by atoms with van der Waals surface area (Å²) in [6.07, 6.45) is 3.54. The number of alkyl carbamates (subject to hydrolysis) is 1. The summed E-state index contributed by atoms with van der Waals surface area (Å²) in [6, 6.07) is 0.0323. The summed E-state index contributed by atoms with van der Waals surface area (Å²) >= 11 is 0. The van der Waals surface area contributed by atoms with Gasteiger partial charge in [-0.05, 0) is 33.6 Å². The second kappa shape index (κ2) is 5.79. The molecule has 88 valence electrons. The first-order valence-electron chi connectivity index (χ1n) is 5.38. The minimum Gasteiger partial charge on any atom is -0.444 e. The highest BCUT2D eigenvalue weighted by atomic mass is 16.6. The van der Waals surface area contributed by atoms with Crippen molar-refractivity contribution >= 4 is 6.09 Å². The Labute approximate surface area is 92.9 Å². The molecule has 0 radical (unpaired) electrons. The summed E-state index contributed by atoms with van der Waals surface area (Å²) in [5.41, 5.74) is -0.443. The zero-order valence-electron chi connectivity index (χ0n) is 10.6. The van der Waals surface area contributed by atoms with Crippen molar-refractivity contribution in [2.24, 2.45) is 5.92 Å². The Bertz CT molecular complexity index is 226. The van der Waals surface area contributed by atoms with Crippen LogP contribution in [0.1, 0.15) is 41.5 Å². The first-order chi connectivity index (χ1) is 6.76. The maximum absolute atomic E-state index is 11.5. The molecule has 15 heavy (non-hydrogen) atoms. The van der Waals surface area contributed by atoms with E-state index in [2.05, 4.69) is 19.2 Å². The van der Waals surface area contributed by atoms with Crippen LogP contribution in [-0.2, 0) is 4.74 Å². The van der Waals surface area contributed by atoms with Gasteiger partial charge >= 0.3 is 6.09 Å². The molecule has 0 rings (SSSR count). The van der Waals surface area contributed by atoms with Crippen LogP contribution in [0.4, 0.5) is 4.79 Å². The summed E-state index contributed by atoms with van der Waals surface area (Å²) < 4.78 is 5.18. The van der Waals surface area contributed by atoms with Crippen LogP contribution in [0.25, 0.3) is 0 Å². The molecule has 1 atom stereocenters. The Morgan fingerprint density at radius 3 is 2.20 bits per heavy atom. The standard InChI is InChI=1S/C12H23NO2/c1-7-8-10(9(2)3)13-11(14)15-12(4,5)6/h7-10H,1-6H3,(H,13,14)/b8-7-/t10-/m1/s1. The van der Waals surface area contributed by atoms with E-state index in [-0.39, 0.29) is 12.1 Å². The van der Waals surface area contributed by atoms with Crippen molar-refractivity contribution in [2.45, 2.75) is 53.2 Å². The van der Waals surface area contributed by atoms with Crippen LogP contribution in [0.2, 0.25) is 0 Å². The van der Waals surface area contributed by atoms with E-state index in [0.29, 0.717) is 5.92 Å². The molecule has 0 bridgehead atoms. The molecular weight excluding hydrogens is 190 g/mol. The number of nitrogens with one attached hydrogen (secondary N) is 1. The lowest BCUT2D eigenvalue weighted by Gasteiger charge is -2.23. The molecule has 0 aromatic carbocycles. The van der Waals surface area contributed by atoms with Gasteiger partial charge < -0.3 is 10.1 Å². The van der Waals surface area contributed by atoms with Crippen LogP contribution in [0.3, 0.4) is 0 Å². The predicted octanol–water partition coefficient (Wildman–Crippen LogP) is 3.11. The Morgan fingerprint density at radius 1 is 1.33 bits per heavy atom. The maximum atomic E-state index is 11.5. The minimum absolute atomic E-state index is 0.0323. The lowest BCUT2D eigenvalue weighted by atomic mass is 10.0. The van der Waals surface area contributed by atoms with Gasteiger partial charge in [0.25, 0.3) is 0 Å². The molecule has 0 fully saturated rings. The molecular formula is C12H23NO2. The molecule has 3 nitrogen and oxygen atoms in total. The number of allylic oxidation sites excluding steroid dienone is 1. The lowest BCUT2D eigenvalue weighted by Crippen LogP contribution is -2.40. The Kier molecular flexibility index (Phi) is 5.40. The van der Waals surface area contributed by atoms with E-state index >= 15 is 0 Å². The van der Waals surface area contributed by atoms with Gasteiger partial charge in [0.15, 0.2) is 0 Å². The van der Waals surface area contributed by atoms with E-state index in [1.807, 2.05) is 39.8 Å². The molecule has 0 saturated heterocycles. The zero-order chi connectivity index (χ0) is 12.1. The average molecular weight is 213 g/mol. The quantitative estimate of drug-likeness (QED) is 0.731. The topological polar surface area (TPSA) is 38.3 Å². The number of carbonyl (C=O) groups is 1. The fourth-order valence-corrected chi connectivity index (χ4v) is 1.09. The van der Waals surface area contributed by atoms with Crippen LogP contribution in [-0.4, -0.2) is 17.7 Å². The van der Waals surface area contributed by atoms with Crippen LogP contribution in [0, 0.1) is 5.92 Å². The monoisotopic (exact) mass is 213 g/mol. The summed E-state index contributed by atoms with van der Waals surface area (Å²) in [7, 11) is 0. The van der Waals surface area contributed by atoms with E-state index in [1.54, 1.807) is 0 Å². The summed E-state index contributed by atoms with van der Waals surface area (Å²) in [4.78, 5) is 11.5. The molecule has 0 spiro atoms. The molecule has 0 aromatic rings. The van der Waals surface area contributed by atoms with Gasteiger partial charge in [-0.1, -0.05) is 26.0 Å². The molecule has 0 aliphatic heterocycles. The van der Waals surface area contributed by atoms with Gasteiger partial charge in [0, 0.05) is 0 Å². The van der Waals surface area contributed by atoms with Gasteiger partial charge in [0.2, 0.25) is 0 Å². The zero-order valence-corrected chi connectivity index (χ0v) is 10.6. The van der Waals surface area contributed by atoms with Crippen molar-refractivity contribution in [1.29, 1.82) is 0 Å². The third-order valence-electron chi connectivity index (χ3n) is 1.80. The second-order valence-corrected chi connectivity index (χ2v) is 4.94. The third-order valence-corrected chi connectivity index (χ3v) is 1.80. The summed E-state index contributed by atoms with van der Waals surface area (Å²) in [5.74, 6) is 0.355. The summed E-state index contributed by atoms with van der Waals surface area (Å²) in [5, 5.41) is 2.83. The maximum Gasteiger partial charge on any atom is 0.408 e. The van der Waals surface area contributed by atoms with Crippen molar-refractivity contribution in [2.75, 3.05) is 0 Å². The van der Waals surface area contributed by atoms with Crippen molar-refractivity contribution in [1.82, 2.24) is 5.32 Å². The van der Waals surface area contributed by atoms with Gasteiger partial charge in [0.1, 0.15) is 5.60 Å². The molecule has 0 heterocycles. The number of ether oxygens (including phenoxy) is 1. The first kappa shape index (κ1) is 14.0. The fourth-order valence-electron chi connectivity index (χ4n) is 1.09. The van der Waals surface area contributed by atoms with E-state index in [1.165, 1.54) is 0 Å². The number of amides is 1. The second-order valence-electron chi connectivity index (χ2n) is 4.94. The fraction of sp³-hybridized carbons (Fsp3) is 0.750. The molecule has 0 unspecified atom stereocenters. The minimum atomic E-state index is -0.443. The van der Waals surface area contributed by atoms with Gasteiger partial charge in [-0.15, -0.1) is 0 Å². The van der Waals surface area contributed by atoms with Crippen LogP contribution in [0.15, 0.2) is 12.2 Å². The van der Waals surface area contributed by atoms with Gasteiger partial charge in [-0.25, -0.2) is 4.79 Å². The lowest BCUT2D eigenvalue weighted by molar-refractivity contribution is 0.0504. The van der Waals surface area contributed by atoms with E-state index < -0.39 is 5.60 Å². The average Bonchev–Trinajstić information content (AvgIpc) is 1.99. The van der Waals surface area contributed by atoms with Crippen LogP contribution >= 0.6 is 0 Å². The third kappa shape index (κ3) is 7.00. The molecule has 0 aliphatic carbocycles. The highest BCUT2D eigenvalue weighted by molar-refractivity contribution is 5.68. The number of hydrogen-bond acceptors (Lipinski definition) is 2. The van der Waals surface area contributed by atoms with Crippen molar-refractivity contribution in [3.63, 3.8) is 0 Å². The Hall–Kier alpha value is -0.990. The van der Waals surface area contributed by atoms with Gasteiger partial charge in [-0.2, -0.15) is 0 Å². The normalized spacial score (nSPS) is 14.3. The predicted molar refractivity (Wildman–Crippen MR) is 62.8 cm³/mol. The smallest absolute Gasteiger partial charge is 0.408 e. The van der Waals surface area contributed by atoms with Crippen LogP contribution in [0.5, 0.6) is 0 Å². The number of carbonyl (C=O) groups excluding carboxylic acids is 1. The Balaban J connectivity index is 4.24. The first-order valence-corrected chi connectivity index (χ1v) is 5.38. The molecule has 0 aromatic heterocycles. The number of rotatable bonds is 3.